The number of unbranched alkanes of at least 4 members (excludes halogenated alkanes) is 1. The third-order valence-corrected chi connectivity index (χ3v) is 6.23. The molecule has 8 nitrogen and oxygen atoms in total. The number of carbonyl (C=O) groups is 1. The van der Waals surface area contributed by atoms with E-state index in [0.29, 0.717) is 24.9 Å². The molecule has 0 bridgehead atoms. The highest BCUT2D eigenvalue weighted by molar-refractivity contribution is 7.89. The van der Waals surface area contributed by atoms with Crippen molar-refractivity contribution in [3.8, 4) is 5.82 Å². The number of hydrogen-bond acceptors (Lipinski definition) is 5. The van der Waals surface area contributed by atoms with E-state index in [-0.39, 0.29) is 22.0 Å². The molecule has 1 aromatic carbocycles. The van der Waals surface area contributed by atoms with E-state index in [9.17, 15) is 26.4 Å². The van der Waals surface area contributed by atoms with Crippen LogP contribution in [0.1, 0.15) is 41.4 Å². The Hall–Kier alpha value is -3.25. The van der Waals surface area contributed by atoms with Gasteiger partial charge < -0.3 is 5.32 Å². The molecule has 0 aliphatic carbocycles. The van der Waals surface area contributed by atoms with E-state index in [1.165, 1.54) is 29.1 Å². The van der Waals surface area contributed by atoms with Crippen molar-refractivity contribution in [2.75, 3.05) is 11.9 Å². The minimum atomic E-state index is -4.51. The summed E-state index contributed by atoms with van der Waals surface area (Å²) in [5.41, 5.74) is -0.123. The number of hydrogen-bond donors (Lipinski definition) is 2. The van der Waals surface area contributed by atoms with E-state index in [2.05, 4.69) is 20.1 Å². The minimum absolute atomic E-state index is 0.0118. The van der Waals surface area contributed by atoms with Gasteiger partial charge in [0.15, 0.2) is 5.82 Å². The largest absolute Gasteiger partial charge is 0.417 e. The van der Waals surface area contributed by atoms with Gasteiger partial charge in [0.1, 0.15) is 0 Å². The fraction of sp³-hybridized carbons (Fsp3) is 0.286. The molecule has 2 heterocycles. The first-order valence-corrected chi connectivity index (χ1v) is 11.5. The molecule has 12 heteroatoms. The molecular weight excluding hydrogens is 459 g/mol. The van der Waals surface area contributed by atoms with Crippen molar-refractivity contribution >= 4 is 21.6 Å². The molecule has 0 aliphatic rings. The van der Waals surface area contributed by atoms with Crippen molar-refractivity contribution in [2.45, 2.75) is 37.8 Å². The second-order valence-electron chi connectivity index (χ2n) is 7.19. The smallest absolute Gasteiger partial charge is 0.322 e. The second-order valence-corrected chi connectivity index (χ2v) is 8.96. The zero-order chi connectivity index (χ0) is 24.2. The average molecular weight is 482 g/mol. The van der Waals surface area contributed by atoms with Crippen LogP contribution in [0.25, 0.3) is 5.82 Å². The number of amides is 1. The van der Waals surface area contributed by atoms with E-state index in [1.54, 1.807) is 13.0 Å². The molecule has 3 rings (SSSR count). The summed E-state index contributed by atoms with van der Waals surface area (Å²) < 4.78 is 66.8. The zero-order valence-electron chi connectivity index (χ0n) is 17.8. The maximum Gasteiger partial charge on any atom is 0.417 e. The number of carbonyl (C=O) groups excluding carboxylic acids is 1. The van der Waals surface area contributed by atoms with Crippen molar-refractivity contribution in [2.24, 2.45) is 0 Å². The standard InChI is InChI=1S/C21H22F3N5O3S/c1-3-4-10-27-33(31,32)17-7-5-6-16(11-17)28-20(30)18-13-26-29(14(18)2)19-9-8-15(12-25-19)21(22,23)24/h5-9,11-13,27H,3-4,10H2,1-2H3,(H,28,30). The van der Waals surface area contributed by atoms with Crippen LogP contribution in [0.2, 0.25) is 0 Å². The molecule has 0 atom stereocenters. The van der Waals surface area contributed by atoms with Crippen LogP contribution in [0.3, 0.4) is 0 Å². The molecule has 2 aromatic heterocycles. The Morgan fingerprint density at radius 2 is 1.91 bits per heavy atom. The summed E-state index contributed by atoms with van der Waals surface area (Å²) in [5.74, 6) is -0.440. The van der Waals surface area contributed by atoms with Gasteiger partial charge in [0.2, 0.25) is 10.0 Å². The number of rotatable bonds is 8. The Balaban J connectivity index is 1.78. The third-order valence-electron chi connectivity index (χ3n) is 4.77. The minimum Gasteiger partial charge on any atom is -0.322 e. The zero-order valence-corrected chi connectivity index (χ0v) is 18.7. The topological polar surface area (TPSA) is 106 Å². The lowest BCUT2D eigenvalue weighted by atomic mass is 10.2. The van der Waals surface area contributed by atoms with Crippen molar-refractivity contribution in [3.63, 3.8) is 0 Å². The number of nitrogens with zero attached hydrogens (tertiary/aromatic N) is 3. The van der Waals surface area contributed by atoms with Gasteiger partial charge in [0.05, 0.1) is 27.9 Å². The molecule has 1 amide bonds. The Bertz CT molecular complexity index is 1240. The van der Waals surface area contributed by atoms with Crippen molar-refractivity contribution in [3.05, 3.63) is 65.6 Å². The molecule has 0 aliphatic heterocycles. The predicted molar refractivity (Wildman–Crippen MR) is 116 cm³/mol. The summed E-state index contributed by atoms with van der Waals surface area (Å²) in [7, 11) is -3.72. The van der Waals surface area contributed by atoms with Gasteiger partial charge in [-0.3, -0.25) is 4.79 Å². The number of benzene rings is 1. The molecule has 0 spiro atoms. The van der Waals surface area contributed by atoms with E-state index < -0.39 is 27.7 Å². The van der Waals surface area contributed by atoms with Gasteiger partial charge in [-0.25, -0.2) is 22.8 Å². The fourth-order valence-electron chi connectivity index (χ4n) is 2.95. The highest BCUT2D eigenvalue weighted by Crippen LogP contribution is 2.29. The molecule has 0 radical (unpaired) electrons. The third kappa shape index (κ3) is 5.76. The van der Waals surface area contributed by atoms with Crippen LogP contribution in [0, 0.1) is 6.92 Å². The van der Waals surface area contributed by atoms with Gasteiger partial charge in [-0.1, -0.05) is 19.4 Å². The van der Waals surface area contributed by atoms with Gasteiger partial charge >= 0.3 is 6.18 Å². The van der Waals surface area contributed by atoms with Gasteiger partial charge in [0.25, 0.3) is 5.91 Å². The molecule has 0 unspecified atom stereocenters. The number of anilines is 1. The van der Waals surface area contributed by atoms with Crippen molar-refractivity contribution in [1.29, 1.82) is 0 Å². The Morgan fingerprint density at radius 1 is 1.15 bits per heavy atom. The normalized spacial score (nSPS) is 12.0. The summed E-state index contributed by atoms with van der Waals surface area (Å²) >= 11 is 0. The van der Waals surface area contributed by atoms with Crippen LogP contribution in [0.5, 0.6) is 0 Å². The van der Waals surface area contributed by atoms with Crippen LogP contribution in [0.4, 0.5) is 18.9 Å². The maximum atomic E-state index is 12.7. The maximum absolute atomic E-state index is 12.7. The molecular formula is C21H22F3N5O3S. The van der Waals surface area contributed by atoms with Crippen LogP contribution in [-0.2, 0) is 16.2 Å². The van der Waals surface area contributed by atoms with Crippen LogP contribution in [-0.4, -0.2) is 35.6 Å². The van der Waals surface area contributed by atoms with Crippen molar-refractivity contribution < 1.29 is 26.4 Å². The summed E-state index contributed by atoms with van der Waals surface area (Å²) in [6, 6.07) is 7.84. The quantitative estimate of drug-likeness (QED) is 0.475. The van der Waals surface area contributed by atoms with Gasteiger partial charge in [-0.15, -0.1) is 0 Å². The lowest BCUT2D eigenvalue weighted by Crippen LogP contribution is -2.24. The summed E-state index contributed by atoms with van der Waals surface area (Å²) in [4.78, 5) is 16.5. The Morgan fingerprint density at radius 3 is 2.55 bits per heavy atom. The van der Waals surface area contributed by atoms with Crippen LogP contribution in [0.15, 0.2) is 53.7 Å². The molecule has 2 N–H and O–H groups in total. The monoisotopic (exact) mass is 481 g/mol. The van der Waals surface area contributed by atoms with Crippen molar-refractivity contribution in [1.82, 2.24) is 19.5 Å². The highest BCUT2D eigenvalue weighted by atomic mass is 32.2. The highest BCUT2D eigenvalue weighted by Gasteiger charge is 2.31. The Labute approximate surface area is 188 Å². The van der Waals surface area contributed by atoms with Crippen LogP contribution < -0.4 is 10.0 Å². The molecule has 33 heavy (non-hydrogen) atoms. The SMILES string of the molecule is CCCCNS(=O)(=O)c1cccc(NC(=O)c2cnn(-c3ccc(C(F)(F)F)cn3)c2C)c1. The van der Waals surface area contributed by atoms with E-state index in [4.69, 9.17) is 0 Å². The number of aromatic nitrogens is 3. The number of alkyl halides is 3. The van der Waals surface area contributed by atoms with Crippen LogP contribution >= 0.6 is 0 Å². The van der Waals surface area contributed by atoms with E-state index in [0.717, 1.165) is 18.6 Å². The predicted octanol–water partition coefficient (Wildman–Crippen LogP) is 3.93. The molecule has 3 aromatic rings. The lowest BCUT2D eigenvalue weighted by Gasteiger charge is -2.10. The second kappa shape index (κ2) is 9.71. The molecule has 0 saturated heterocycles. The fourth-order valence-corrected chi connectivity index (χ4v) is 4.07. The molecule has 0 fully saturated rings. The average Bonchev–Trinajstić information content (AvgIpc) is 3.15. The van der Waals surface area contributed by atoms with Gasteiger partial charge in [-0.2, -0.15) is 18.3 Å². The first-order chi connectivity index (χ1) is 15.5. The van der Waals surface area contributed by atoms with Gasteiger partial charge in [-0.05, 0) is 43.7 Å². The summed E-state index contributed by atoms with van der Waals surface area (Å²) in [6.07, 6.45) is -1.02. The first-order valence-electron chi connectivity index (χ1n) is 10.0. The number of halogens is 3. The number of nitrogens with one attached hydrogen (secondary N) is 2. The summed E-state index contributed by atoms with van der Waals surface area (Å²) in [6.45, 7) is 3.83. The van der Waals surface area contributed by atoms with E-state index >= 15 is 0 Å². The molecule has 176 valence electrons. The number of pyridine rings is 1. The number of sulfonamides is 1. The summed E-state index contributed by atoms with van der Waals surface area (Å²) in [5, 5.41) is 6.66. The lowest BCUT2D eigenvalue weighted by molar-refractivity contribution is -0.137. The van der Waals surface area contributed by atoms with Gasteiger partial charge in [0, 0.05) is 18.4 Å². The Kier molecular flexibility index (Phi) is 7.18. The molecule has 0 saturated carbocycles. The first kappa shape index (κ1) is 24.4. The van der Waals surface area contributed by atoms with E-state index in [1.807, 2.05) is 6.92 Å².